The largest absolute Gasteiger partial charge is 0.490 e. The summed E-state index contributed by atoms with van der Waals surface area (Å²) in [4.78, 5) is 8.90. The molecule has 1 rings (SSSR count). The maximum absolute atomic E-state index is 10.6. The fraction of sp³-hybridized carbons (Fsp3) is 0.833. The average molecular weight is 249 g/mol. The summed E-state index contributed by atoms with van der Waals surface area (Å²) in [5.41, 5.74) is 0. The van der Waals surface area contributed by atoms with Crippen molar-refractivity contribution in [3.05, 3.63) is 0 Å². The molecule has 0 radical (unpaired) electrons. The van der Waals surface area contributed by atoms with Crippen LogP contribution in [0.1, 0.15) is 0 Å². The molecule has 0 spiro atoms. The van der Waals surface area contributed by atoms with E-state index in [1.54, 1.807) is 0 Å². The minimum absolute atomic E-state index is 0.109. The van der Waals surface area contributed by atoms with E-state index in [-0.39, 0.29) is 5.25 Å². The van der Waals surface area contributed by atoms with E-state index < -0.39 is 22.0 Å². The van der Waals surface area contributed by atoms with Gasteiger partial charge in [0.2, 0.25) is 0 Å². The van der Waals surface area contributed by atoms with Gasteiger partial charge in [-0.05, 0) is 0 Å². The third kappa shape index (κ3) is 5.57. The summed E-state index contributed by atoms with van der Waals surface area (Å²) >= 11 is 0. The van der Waals surface area contributed by atoms with E-state index in [0.717, 1.165) is 0 Å². The van der Waals surface area contributed by atoms with Crippen molar-refractivity contribution in [2.75, 3.05) is 19.3 Å². The van der Waals surface area contributed by atoms with Gasteiger partial charge in [-0.25, -0.2) is 13.2 Å². The number of carboxylic acids is 1. The summed E-state index contributed by atoms with van der Waals surface area (Å²) in [6.07, 6.45) is -3.81. The van der Waals surface area contributed by atoms with Crippen molar-refractivity contribution in [2.45, 2.75) is 11.4 Å². The van der Waals surface area contributed by atoms with E-state index in [1.807, 2.05) is 0 Å². The van der Waals surface area contributed by atoms with Crippen LogP contribution in [0.3, 0.4) is 0 Å². The number of alkyl halides is 3. The van der Waals surface area contributed by atoms with Crippen LogP contribution in [0.4, 0.5) is 13.2 Å². The second-order valence-corrected chi connectivity index (χ2v) is 5.24. The summed E-state index contributed by atoms with van der Waals surface area (Å²) in [6.45, 7) is 1.28. The Hall–Kier alpha value is -0.830. The third-order valence-corrected chi connectivity index (χ3v) is 3.14. The lowest BCUT2D eigenvalue weighted by molar-refractivity contribution is -0.192. The Morgan fingerprint density at radius 3 is 1.73 bits per heavy atom. The van der Waals surface area contributed by atoms with Gasteiger partial charge in [-0.15, -0.1) is 0 Å². The van der Waals surface area contributed by atoms with Crippen LogP contribution in [0.15, 0.2) is 0 Å². The summed E-state index contributed by atoms with van der Waals surface area (Å²) in [5.74, 6) is -2.76. The van der Waals surface area contributed by atoms with Crippen LogP contribution in [0.2, 0.25) is 0 Å². The quantitative estimate of drug-likeness (QED) is 0.662. The van der Waals surface area contributed by atoms with Gasteiger partial charge in [0.25, 0.3) is 0 Å². The molecule has 15 heavy (non-hydrogen) atoms. The minimum Gasteiger partial charge on any atom is -0.475 e. The van der Waals surface area contributed by atoms with Gasteiger partial charge in [0.05, 0.1) is 5.25 Å². The Bertz CT molecular complexity index is 320. The number of halogens is 3. The van der Waals surface area contributed by atoms with Gasteiger partial charge in [-0.2, -0.15) is 13.2 Å². The van der Waals surface area contributed by atoms with Crippen LogP contribution in [-0.2, 0) is 14.6 Å². The lowest BCUT2D eigenvalue weighted by Crippen LogP contribution is -2.51. The number of hydrogen-bond donors (Lipinski definition) is 2. The Morgan fingerprint density at radius 1 is 1.40 bits per heavy atom. The molecule has 0 amide bonds. The molecule has 2 N–H and O–H groups in total. The maximum Gasteiger partial charge on any atom is 0.490 e. The molecular weight excluding hydrogens is 239 g/mol. The van der Waals surface area contributed by atoms with Crippen LogP contribution in [0, 0.1) is 0 Å². The molecule has 0 aromatic carbocycles. The number of hydrogen-bond acceptors (Lipinski definition) is 4. The van der Waals surface area contributed by atoms with Gasteiger partial charge in [0, 0.05) is 19.3 Å². The zero-order valence-corrected chi connectivity index (χ0v) is 8.52. The molecule has 1 aliphatic heterocycles. The van der Waals surface area contributed by atoms with Gasteiger partial charge >= 0.3 is 12.1 Å². The fourth-order valence-electron chi connectivity index (χ4n) is 0.565. The van der Waals surface area contributed by atoms with Crippen LogP contribution >= 0.6 is 0 Å². The van der Waals surface area contributed by atoms with Crippen molar-refractivity contribution < 1.29 is 31.5 Å². The number of carboxylic acid groups (broad SMARTS) is 1. The van der Waals surface area contributed by atoms with E-state index in [2.05, 4.69) is 5.32 Å². The first-order chi connectivity index (χ1) is 6.55. The van der Waals surface area contributed by atoms with E-state index in [0.29, 0.717) is 13.1 Å². The van der Waals surface area contributed by atoms with Crippen molar-refractivity contribution >= 4 is 15.8 Å². The molecule has 0 atom stereocenters. The van der Waals surface area contributed by atoms with Crippen molar-refractivity contribution in [3.8, 4) is 0 Å². The zero-order valence-electron chi connectivity index (χ0n) is 7.71. The van der Waals surface area contributed by atoms with Gasteiger partial charge in [-0.1, -0.05) is 0 Å². The van der Waals surface area contributed by atoms with E-state index in [4.69, 9.17) is 9.90 Å². The molecule has 9 heteroatoms. The third-order valence-electron chi connectivity index (χ3n) is 1.59. The summed E-state index contributed by atoms with van der Waals surface area (Å²) < 4.78 is 52.9. The van der Waals surface area contributed by atoms with E-state index in [9.17, 15) is 21.6 Å². The van der Waals surface area contributed by atoms with Crippen molar-refractivity contribution in [2.24, 2.45) is 0 Å². The number of aliphatic carboxylic acids is 1. The number of carbonyl (C=O) groups is 1. The lowest BCUT2D eigenvalue weighted by atomic mass is 10.3. The van der Waals surface area contributed by atoms with E-state index >= 15 is 0 Å². The van der Waals surface area contributed by atoms with Crippen molar-refractivity contribution in [1.82, 2.24) is 5.32 Å². The minimum atomic E-state index is -5.08. The van der Waals surface area contributed by atoms with Crippen LogP contribution in [0.5, 0.6) is 0 Å². The fourth-order valence-corrected chi connectivity index (χ4v) is 1.41. The smallest absolute Gasteiger partial charge is 0.475 e. The topological polar surface area (TPSA) is 83.5 Å². The normalized spacial score (nSPS) is 17.3. The van der Waals surface area contributed by atoms with Crippen molar-refractivity contribution in [3.63, 3.8) is 0 Å². The molecule has 90 valence electrons. The molecule has 1 aliphatic rings. The Morgan fingerprint density at radius 2 is 1.73 bits per heavy atom. The molecule has 5 nitrogen and oxygen atoms in total. The molecule has 0 unspecified atom stereocenters. The van der Waals surface area contributed by atoms with Gasteiger partial charge in [0.1, 0.15) is 0 Å². The molecule has 0 saturated carbocycles. The highest BCUT2D eigenvalue weighted by Gasteiger charge is 2.38. The standard InChI is InChI=1S/C4H9NO2S.C2HF3O2/c1-8(6,7)4-2-5-3-4;3-2(4,5)1(6)7/h4-5H,2-3H2,1H3;(H,6,7). The average Bonchev–Trinajstić information content (AvgIpc) is 1.76. The molecule has 0 aliphatic carbocycles. The Labute approximate surface area is 84.2 Å². The van der Waals surface area contributed by atoms with Gasteiger partial charge in [0.15, 0.2) is 9.84 Å². The summed E-state index contributed by atoms with van der Waals surface area (Å²) in [7, 11) is -2.73. The first-order valence-electron chi connectivity index (χ1n) is 3.75. The van der Waals surface area contributed by atoms with Gasteiger partial charge < -0.3 is 10.4 Å². The van der Waals surface area contributed by atoms with Crippen molar-refractivity contribution in [1.29, 1.82) is 0 Å². The molecule has 1 heterocycles. The first kappa shape index (κ1) is 14.2. The zero-order chi connectivity index (χ0) is 12.3. The molecule has 0 bridgehead atoms. The molecule has 0 aromatic heterocycles. The predicted octanol–water partition coefficient (Wildman–Crippen LogP) is -0.364. The predicted molar refractivity (Wildman–Crippen MR) is 45.2 cm³/mol. The second-order valence-electron chi connectivity index (χ2n) is 2.91. The van der Waals surface area contributed by atoms with Crippen LogP contribution in [-0.4, -0.2) is 50.3 Å². The number of sulfone groups is 1. The first-order valence-corrected chi connectivity index (χ1v) is 5.70. The lowest BCUT2D eigenvalue weighted by Gasteiger charge is -2.24. The van der Waals surface area contributed by atoms with Gasteiger partial charge in [-0.3, -0.25) is 0 Å². The van der Waals surface area contributed by atoms with E-state index in [1.165, 1.54) is 6.26 Å². The maximum atomic E-state index is 10.6. The van der Waals surface area contributed by atoms with Crippen LogP contribution in [0.25, 0.3) is 0 Å². The summed E-state index contributed by atoms with van der Waals surface area (Å²) in [5, 5.41) is 9.90. The molecular formula is C6H10F3NO4S. The Kier molecular flexibility index (Phi) is 4.53. The Balaban J connectivity index is 0.000000265. The monoisotopic (exact) mass is 249 g/mol. The summed E-state index contributed by atoms with van der Waals surface area (Å²) in [6, 6.07) is 0. The SMILES string of the molecule is CS(=O)(=O)C1CNC1.O=C(O)C(F)(F)F. The molecule has 1 saturated heterocycles. The molecule has 0 aromatic rings. The number of nitrogens with one attached hydrogen (secondary N) is 1. The highest BCUT2D eigenvalue weighted by Crippen LogP contribution is 2.13. The highest BCUT2D eigenvalue weighted by molar-refractivity contribution is 7.91. The van der Waals surface area contributed by atoms with Crippen LogP contribution < -0.4 is 5.32 Å². The number of rotatable bonds is 1. The molecule has 1 fully saturated rings. The highest BCUT2D eigenvalue weighted by atomic mass is 32.2. The second kappa shape index (κ2) is 4.79.